The van der Waals surface area contributed by atoms with E-state index in [0.29, 0.717) is 11.8 Å². The van der Waals surface area contributed by atoms with Gasteiger partial charge in [-0.15, -0.1) is 0 Å². The number of aliphatic carboxylic acids is 1. The lowest BCUT2D eigenvalue weighted by Crippen LogP contribution is -2.09. The Hall–Kier alpha value is -1.71. The fourth-order valence-corrected chi connectivity index (χ4v) is 3.77. The summed E-state index contributed by atoms with van der Waals surface area (Å²) in [6.07, 6.45) is 3.51. The van der Waals surface area contributed by atoms with Crippen LogP contribution in [-0.2, 0) is 11.2 Å². The fourth-order valence-electron chi connectivity index (χ4n) is 3.77. The van der Waals surface area contributed by atoms with E-state index in [1.54, 1.807) is 14.2 Å². The van der Waals surface area contributed by atoms with Crippen LogP contribution in [0.25, 0.3) is 0 Å². The van der Waals surface area contributed by atoms with Crippen LogP contribution in [0.2, 0.25) is 0 Å². The summed E-state index contributed by atoms with van der Waals surface area (Å²) in [6, 6.07) is 1.84. The van der Waals surface area contributed by atoms with Gasteiger partial charge >= 0.3 is 5.97 Å². The highest BCUT2D eigenvalue weighted by Gasteiger charge is 2.42. The number of benzene rings is 1. The third-order valence-corrected chi connectivity index (χ3v) is 4.41. The first-order valence-electron chi connectivity index (χ1n) is 6.65. The van der Waals surface area contributed by atoms with E-state index < -0.39 is 5.97 Å². The molecule has 0 aliphatic heterocycles. The van der Waals surface area contributed by atoms with Crippen molar-refractivity contribution in [1.82, 2.24) is 0 Å². The number of carboxylic acid groups (broad SMARTS) is 1. The van der Waals surface area contributed by atoms with E-state index in [0.717, 1.165) is 23.5 Å². The average molecular weight is 262 g/mol. The van der Waals surface area contributed by atoms with Gasteiger partial charge in [0.15, 0.2) is 0 Å². The predicted octanol–water partition coefficient (Wildman–Crippen LogP) is 2.70. The van der Waals surface area contributed by atoms with Crippen molar-refractivity contribution in [2.45, 2.75) is 37.5 Å². The van der Waals surface area contributed by atoms with Crippen LogP contribution in [0.4, 0.5) is 0 Å². The summed E-state index contributed by atoms with van der Waals surface area (Å²) < 4.78 is 11.0. The molecule has 2 atom stereocenters. The standard InChI is InChI=1S/C15H18O4/c1-18-11-6-10(7-12(16)17)15(19-2)14-9-4-3-8(5-9)13(11)14/h6,8-9H,3-5,7H2,1-2H3,(H,16,17). The number of hydrogen-bond donors (Lipinski definition) is 1. The van der Waals surface area contributed by atoms with Gasteiger partial charge in [0.25, 0.3) is 0 Å². The van der Waals surface area contributed by atoms with Crippen LogP contribution in [0.3, 0.4) is 0 Å². The van der Waals surface area contributed by atoms with E-state index in [2.05, 4.69) is 0 Å². The summed E-state index contributed by atoms with van der Waals surface area (Å²) in [6.45, 7) is 0. The van der Waals surface area contributed by atoms with Crippen molar-refractivity contribution in [2.75, 3.05) is 14.2 Å². The number of carbonyl (C=O) groups is 1. The van der Waals surface area contributed by atoms with E-state index in [-0.39, 0.29) is 6.42 Å². The molecule has 2 aliphatic carbocycles. The SMILES string of the molecule is COc1cc(CC(=O)O)c(OC)c2c1C1CCC2C1. The molecule has 19 heavy (non-hydrogen) atoms. The Bertz CT molecular complexity index is 535. The number of hydrogen-bond acceptors (Lipinski definition) is 3. The third kappa shape index (κ3) is 1.78. The molecular formula is C15H18O4. The minimum absolute atomic E-state index is 0.0236. The maximum Gasteiger partial charge on any atom is 0.307 e. The minimum Gasteiger partial charge on any atom is -0.496 e. The summed E-state index contributed by atoms with van der Waals surface area (Å²) in [5, 5.41) is 9.03. The van der Waals surface area contributed by atoms with E-state index in [9.17, 15) is 4.79 Å². The molecule has 1 fully saturated rings. The average Bonchev–Trinajstić information content (AvgIpc) is 2.98. The Morgan fingerprint density at radius 1 is 1.26 bits per heavy atom. The Morgan fingerprint density at radius 3 is 2.53 bits per heavy atom. The first-order valence-corrected chi connectivity index (χ1v) is 6.65. The first kappa shape index (κ1) is 12.3. The van der Waals surface area contributed by atoms with Crippen LogP contribution in [0.5, 0.6) is 11.5 Å². The largest absolute Gasteiger partial charge is 0.496 e. The van der Waals surface area contributed by atoms with Crippen molar-refractivity contribution >= 4 is 5.97 Å². The van der Waals surface area contributed by atoms with Gasteiger partial charge in [0.05, 0.1) is 20.6 Å². The van der Waals surface area contributed by atoms with Crippen LogP contribution in [0, 0.1) is 0 Å². The van der Waals surface area contributed by atoms with Gasteiger partial charge < -0.3 is 14.6 Å². The lowest BCUT2D eigenvalue weighted by molar-refractivity contribution is -0.136. The summed E-state index contributed by atoms with van der Waals surface area (Å²) >= 11 is 0. The molecule has 0 amide bonds. The van der Waals surface area contributed by atoms with Gasteiger partial charge in [-0.3, -0.25) is 4.79 Å². The smallest absolute Gasteiger partial charge is 0.307 e. The zero-order chi connectivity index (χ0) is 13.6. The molecule has 0 aromatic heterocycles. The van der Waals surface area contributed by atoms with Crippen molar-refractivity contribution in [1.29, 1.82) is 0 Å². The molecule has 102 valence electrons. The topological polar surface area (TPSA) is 55.8 Å². The molecule has 2 unspecified atom stereocenters. The van der Waals surface area contributed by atoms with Crippen LogP contribution in [-0.4, -0.2) is 25.3 Å². The van der Waals surface area contributed by atoms with E-state index in [1.165, 1.54) is 24.0 Å². The van der Waals surface area contributed by atoms with Gasteiger partial charge in [0.1, 0.15) is 11.5 Å². The maximum absolute atomic E-state index is 11.0. The molecule has 1 N–H and O–H groups in total. The normalized spacial score (nSPS) is 23.3. The van der Waals surface area contributed by atoms with Gasteiger partial charge in [-0.1, -0.05) is 0 Å². The van der Waals surface area contributed by atoms with Crippen molar-refractivity contribution in [3.8, 4) is 11.5 Å². The van der Waals surface area contributed by atoms with Crippen molar-refractivity contribution in [3.63, 3.8) is 0 Å². The highest BCUT2D eigenvalue weighted by atomic mass is 16.5. The monoisotopic (exact) mass is 262 g/mol. The van der Waals surface area contributed by atoms with Gasteiger partial charge in [-0.05, 0) is 37.2 Å². The molecule has 0 heterocycles. The van der Waals surface area contributed by atoms with Gasteiger partial charge in [0.2, 0.25) is 0 Å². The van der Waals surface area contributed by atoms with Crippen LogP contribution < -0.4 is 9.47 Å². The van der Waals surface area contributed by atoms with Crippen LogP contribution in [0.1, 0.15) is 47.8 Å². The van der Waals surface area contributed by atoms with Crippen molar-refractivity contribution in [3.05, 3.63) is 22.8 Å². The number of fused-ring (bicyclic) bond motifs is 5. The Balaban J connectivity index is 2.19. The molecule has 2 bridgehead atoms. The summed E-state index contributed by atoms with van der Waals surface area (Å²) in [4.78, 5) is 11.0. The van der Waals surface area contributed by atoms with Crippen LogP contribution in [0.15, 0.2) is 6.07 Å². The zero-order valence-corrected chi connectivity index (χ0v) is 11.2. The highest BCUT2D eigenvalue weighted by Crippen LogP contribution is 2.59. The van der Waals surface area contributed by atoms with Crippen molar-refractivity contribution in [2.24, 2.45) is 0 Å². The first-order chi connectivity index (χ1) is 9.15. The lowest BCUT2D eigenvalue weighted by Gasteiger charge is -2.23. The van der Waals surface area contributed by atoms with E-state index in [4.69, 9.17) is 14.6 Å². The Labute approximate surface area is 112 Å². The Kier molecular flexibility index (Phi) is 2.88. The fraction of sp³-hybridized carbons (Fsp3) is 0.533. The van der Waals surface area contributed by atoms with Crippen molar-refractivity contribution < 1.29 is 19.4 Å². The molecule has 1 saturated carbocycles. The molecule has 4 heteroatoms. The zero-order valence-electron chi connectivity index (χ0n) is 11.2. The quantitative estimate of drug-likeness (QED) is 0.906. The molecule has 0 spiro atoms. The molecule has 1 aromatic carbocycles. The summed E-state index contributed by atoms with van der Waals surface area (Å²) in [5.74, 6) is 1.83. The van der Waals surface area contributed by atoms with E-state index >= 15 is 0 Å². The number of ether oxygens (including phenoxy) is 2. The molecule has 3 rings (SSSR count). The second-order valence-electron chi connectivity index (χ2n) is 5.38. The molecule has 1 aromatic rings. The molecule has 4 nitrogen and oxygen atoms in total. The van der Waals surface area contributed by atoms with Gasteiger partial charge in [-0.25, -0.2) is 0 Å². The number of methoxy groups -OCH3 is 2. The lowest BCUT2D eigenvalue weighted by atomic mass is 9.88. The highest BCUT2D eigenvalue weighted by molar-refractivity contribution is 5.73. The minimum atomic E-state index is -0.844. The Morgan fingerprint density at radius 2 is 1.95 bits per heavy atom. The third-order valence-electron chi connectivity index (χ3n) is 4.41. The number of rotatable bonds is 4. The van der Waals surface area contributed by atoms with E-state index in [1.807, 2.05) is 6.07 Å². The molecular weight excluding hydrogens is 244 g/mol. The van der Waals surface area contributed by atoms with Crippen LogP contribution >= 0.6 is 0 Å². The molecule has 2 aliphatic rings. The molecule has 0 radical (unpaired) electrons. The number of carboxylic acids is 1. The predicted molar refractivity (Wildman–Crippen MR) is 70.2 cm³/mol. The summed E-state index contributed by atoms with van der Waals surface area (Å²) in [7, 11) is 3.28. The second kappa shape index (κ2) is 4.44. The maximum atomic E-state index is 11.0. The second-order valence-corrected chi connectivity index (χ2v) is 5.38. The summed E-state index contributed by atoms with van der Waals surface area (Å²) in [5.41, 5.74) is 3.18. The van der Waals surface area contributed by atoms with Gasteiger partial charge in [-0.2, -0.15) is 0 Å². The van der Waals surface area contributed by atoms with Gasteiger partial charge in [0, 0.05) is 16.7 Å². The molecule has 0 saturated heterocycles.